The second kappa shape index (κ2) is 11.3. The highest BCUT2D eigenvalue weighted by Gasteiger charge is 2.19. The van der Waals surface area contributed by atoms with Crippen molar-refractivity contribution in [3.8, 4) is 11.3 Å². The number of hydrogen-bond donors (Lipinski definition) is 2. The Hall–Kier alpha value is -1.27. The van der Waals surface area contributed by atoms with Gasteiger partial charge in [-0.3, -0.25) is 4.79 Å². The van der Waals surface area contributed by atoms with Gasteiger partial charge in [0.15, 0.2) is 17.8 Å². The van der Waals surface area contributed by atoms with Crippen LogP contribution in [-0.4, -0.2) is 30.5 Å². The Morgan fingerprint density at radius 1 is 1.22 bits per heavy atom. The number of rotatable bonds is 7. The highest BCUT2D eigenvalue weighted by Crippen LogP contribution is 2.29. The third kappa shape index (κ3) is 6.03. The molecular weight excluding hydrogens is 361 g/mol. The quantitative estimate of drug-likeness (QED) is 0.721. The number of hydrogen-bond acceptors (Lipinski definition) is 4. The predicted octanol–water partition coefficient (Wildman–Crippen LogP) is 3.57. The summed E-state index contributed by atoms with van der Waals surface area (Å²) in [6.07, 6.45) is 2.32. The maximum absolute atomic E-state index is 12.1. The van der Waals surface area contributed by atoms with E-state index in [-0.39, 0.29) is 36.4 Å². The molecule has 1 heterocycles. The van der Waals surface area contributed by atoms with E-state index in [4.69, 9.17) is 16.0 Å². The van der Waals surface area contributed by atoms with Gasteiger partial charge in [-0.1, -0.05) is 30.7 Å². The first-order valence-corrected chi connectivity index (χ1v) is 7.29. The van der Waals surface area contributed by atoms with Gasteiger partial charge in [0.25, 0.3) is 5.91 Å². The fraction of sp³-hybridized carbons (Fsp3) is 0.333. The Morgan fingerprint density at radius 2 is 1.96 bits per heavy atom. The van der Waals surface area contributed by atoms with Crippen molar-refractivity contribution < 1.29 is 9.21 Å². The van der Waals surface area contributed by atoms with E-state index in [1.165, 1.54) is 6.39 Å². The normalized spacial score (nSPS) is 9.65. The lowest BCUT2D eigenvalue weighted by Gasteiger charge is -2.06. The minimum absolute atomic E-state index is 0. The van der Waals surface area contributed by atoms with Crippen LogP contribution in [0.3, 0.4) is 0 Å². The van der Waals surface area contributed by atoms with Gasteiger partial charge < -0.3 is 15.1 Å². The molecule has 1 aromatic carbocycles. The average Bonchev–Trinajstić information content (AvgIpc) is 2.96. The molecule has 1 amide bonds. The number of carbonyl (C=O) groups excluding carboxylic acids is 1. The van der Waals surface area contributed by atoms with Crippen molar-refractivity contribution in [2.24, 2.45) is 0 Å². The first-order chi connectivity index (χ1) is 10.2. The predicted molar refractivity (Wildman–Crippen MR) is 96.9 cm³/mol. The second-order valence-corrected chi connectivity index (χ2v) is 4.92. The van der Waals surface area contributed by atoms with Crippen molar-refractivity contribution in [2.75, 3.05) is 19.6 Å². The summed E-state index contributed by atoms with van der Waals surface area (Å²) in [6, 6.07) is 7.19. The van der Waals surface area contributed by atoms with Gasteiger partial charge in [0.1, 0.15) is 0 Å². The van der Waals surface area contributed by atoms with Crippen LogP contribution < -0.4 is 10.6 Å². The van der Waals surface area contributed by atoms with E-state index in [2.05, 4.69) is 22.5 Å². The van der Waals surface area contributed by atoms with Gasteiger partial charge in [-0.2, -0.15) is 0 Å². The fourth-order valence-corrected chi connectivity index (χ4v) is 2.12. The maximum Gasteiger partial charge on any atom is 0.273 e. The summed E-state index contributed by atoms with van der Waals surface area (Å²) in [4.78, 5) is 16.1. The van der Waals surface area contributed by atoms with E-state index in [1.54, 1.807) is 12.1 Å². The molecule has 2 rings (SSSR count). The summed E-state index contributed by atoms with van der Waals surface area (Å²) in [5, 5.41) is 6.54. The Kier molecular flexibility index (Phi) is 10.7. The molecule has 2 N–H and O–H groups in total. The van der Waals surface area contributed by atoms with E-state index in [1.807, 2.05) is 12.1 Å². The van der Waals surface area contributed by atoms with Crippen molar-refractivity contribution in [1.82, 2.24) is 15.6 Å². The summed E-state index contributed by atoms with van der Waals surface area (Å²) in [5.74, 6) is 0.122. The summed E-state index contributed by atoms with van der Waals surface area (Å²) >= 11 is 6.12. The lowest BCUT2D eigenvalue weighted by atomic mass is 10.1. The van der Waals surface area contributed by atoms with E-state index in [0.29, 0.717) is 22.9 Å². The number of carbonyl (C=O) groups is 1. The first kappa shape index (κ1) is 21.7. The number of oxazole rings is 1. The van der Waals surface area contributed by atoms with Gasteiger partial charge in [-0.15, -0.1) is 24.8 Å². The van der Waals surface area contributed by atoms with E-state index < -0.39 is 0 Å². The van der Waals surface area contributed by atoms with Crippen LogP contribution in [0.25, 0.3) is 11.3 Å². The van der Waals surface area contributed by atoms with Crippen molar-refractivity contribution >= 4 is 42.3 Å². The molecule has 0 saturated heterocycles. The molecule has 0 aliphatic heterocycles. The molecule has 23 heavy (non-hydrogen) atoms. The minimum atomic E-state index is -0.267. The number of halogens is 3. The van der Waals surface area contributed by atoms with Crippen LogP contribution in [0.4, 0.5) is 0 Å². The van der Waals surface area contributed by atoms with Crippen LogP contribution in [0.2, 0.25) is 5.02 Å². The SMILES string of the molecule is CCCNCCNC(=O)c1ncoc1-c1ccccc1Cl.Cl.Cl. The van der Waals surface area contributed by atoms with Gasteiger partial charge in [-0.25, -0.2) is 4.98 Å². The number of nitrogens with one attached hydrogen (secondary N) is 2. The monoisotopic (exact) mass is 379 g/mol. The van der Waals surface area contributed by atoms with Crippen molar-refractivity contribution in [2.45, 2.75) is 13.3 Å². The molecule has 0 saturated carbocycles. The number of nitrogens with zero attached hydrogens (tertiary/aromatic N) is 1. The summed E-state index contributed by atoms with van der Waals surface area (Å²) < 4.78 is 5.33. The van der Waals surface area contributed by atoms with Crippen LogP contribution in [-0.2, 0) is 0 Å². The molecular formula is C15H20Cl3N3O2. The average molecular weight is 381 g/mol. The van der Waals surface area contributed by atoms with E-state index in [0.717, 1.165) is 19.5 Å². The van der Waals surface area contributed by atoms with Gasteiger partial charge in [-0.05, 0) is 25.1 Å². The lowest BCUT2D eigenvalue weighted by molar-refractivity contribution is 0.0950. The Morgan fingerprint density at radius 3 is 2.65 bits per heavy atom. The molecule has 0 fully saturated rings. The van der Waals surface area contributed by atoms with Crippen LogP contribution in [0, 0.1) is 0 Å². The molecule has 0 atom stereocenters. The lowest BCUT2D eigenvalue weighted by Crippen LogP contribution is -2.32. The molecule has 1 aromatic heterocycles. The molecule has 0 aliphatic rings. The molecule has 0 unspecified atom stereocenters. The largest absolute Gasteiger partial charge is 0.443 e. The summed E-state index contributed by atoms with van der Waals surface area (Å²) in [6.45, 7) is 4.29. The molecule has 5 nitrogen and oxygen atoms in total. The van der Waals surface area contributed by atoms with Crippen LogP contribution in [0.15, 0.2) is 35.1 Å². The topological polar surface area (TPSA) is 67.2 Å². The number of aromatic nitrogens is 1. The zero-order valence-electron chi connectivity index (χ0n) is 12.7. The Bertz CT molecular complexity index is 605. The second-order valence-electron chi connectivity index (χ2n) is 4.52. The third-order valence-electron chi connectivity index (χ3n) is 2.92. The first-order valence-electron chi connectivity index (χ1n) is 6.91. The zero-order chi connectivity index (χ0) is 15.1. The van der Waals surface area contributed by atoms with Crippen LogP contribution >= 0.6 is 36.4 Å². The Labute approximate surface area is 153 Å². The number of benzene rings is 1. The highest BCUT2D eigenvalue weighted by molar-refractivity contribution is 6.33. The van der Waals surface area contributed by atoms with Gasteiger partial charge in [0, 0.05) is 18.7 Å². The van der Waals surface area contributed by atoms with Gasteiger partial charge in [0.05, 0.1) is 5.02 Å². The van der Waals surface area contributed by atoms with Crippen molar-refractivity contribution in [3.63, 3.8) is 0 Å². The highest BCUT2D eigenvalue weighted by atomic mass is 35.5. The molecule has 0 radical (unpaired) electrons. The van der Waals surface area contributed by atoms with Crippen LogP contribution in [0.1, 0.15) is 23.8 Å². The zero-order valence-corrected chi connectivity index (χ0v) is 15.1. The molecule has 128 valence electrons. The number of amides is 1. The molecule has 0 aliphatic carbocycles. The Balaban J connectivity index is 0.00000242. The minimum Gasteiger partial charge on any atom is -0.443 e. The molecule has 2 aromatic rings. The summed E-state index contributed by atoms with van der Waals surface area (Å²) in [5.41, 5.74) is 0.907. The third-order valence-corrected chi connectivity index (χ3v) is 3.24. The van der Waals surface area contributed by atoms with E-state index >= 15 is 0 Å². The fourth-order valence-electron chi connectivity index (χ4n) is 1.89. The van der Waals surface area contributed by atoms with Crippen molar-refractivity contribution in [1.29, 1.82) is 0 Å². The smallest absolute Gasteiger partial charge is 0.273 e. The standard InChI is InChI=1S/C15H18ClN3O2.2ClH/c1-2-7-17-8-9-18-15(20)13-14(21-10-19-13)11-5-3-4-6-12(11)16;;/h3-6,10,17H,2,7-9H2,1H3,(H,18,20);2*1H. The summed E-state index contributed by atoms with van der Waals surface area (Å²) in [7, 11) is 0. The van der Waals surface area contributed by atoms with Crippen LogP contribution in [0.5, 0.6) is 0 Å². The van der Waals surface area contributed by atoms with E-state index in [9.17, 15) is 4.79 Å². The molecule has 8 heteroatoms. The molecule has 0 spiro atoms. The maximum atomic E-state index is 12.1. The van der Waals surface area contributed by atoms with Gasteiger partial charge in [0.2, 0.25) is 0 Å². The van der Waals surface area contributed by atoms with Gasteiger partial charge >= 0.3 is 0 Å². The van der Waals surface area contributed by atoms with Crippen molar-refractivity contribution in [3.05, 3.63) is 41.4 Å². The molecule has 0 bridgehead atoms.